The van der Waals surface area contributed by atoms with E-state index in [9.17, 15) is 0 Å². The zero-order valence-electron chi connectivity index (χ0n) is 17.9. The van der Waals surface area contributed by atoms with Crippen molar-refractivity contribution in [2.45, 2.75) is 20.1 Å². The third kappa shape index (κ3) is 12.1. The average molecular weight is 516 g/mol. The van der Waals surface area contributed by atoms with Gasteiger partial charge < -0.3 is 29.2 Å². The summed E-state index contributed by atoms with van der Waals surface area (Å²) in [5.41, 5.74) is 1.37. The zero-order chi connectivity index (χ0) is 24.2. The van der Waals surface area contributed by atoms with Crippen molar-refractivity contribution in [3.8, 4) is 29.3 Å². The molecule has 0 aliphatic heterocycles. The number of hydrogen-bond donors (Lipinski definition) is 3. The van der Waals surface area contributed by atoms with E-state index in [1.165, 1.54) is 35.4 Å². The van der Waals surface area contributed by atoms with Crippen molar-refractivity contribution in [3.63, 3.8) is 0 Å². The van der Waals surface area contributed by atoms with Gasteiger partial charge in [-0.2, -0.15) is 5.26 Å². The second kappa shape index (κ2) is 19.6. The third-order valence-corrected chi connectivity index (χ3v) is 3.72. The first-order chi connectivity index (χ1) is 14.9. The normalized spacial score (nSPS) is 8.48. The molecule has 0 saturated carbocycles. The van der Waals surface area contributed by atoms with Crippen molar-refractivity contribution < 1.29 is 29.2 Å². The Hall–Kier alpha value is -2.40. The monoisotopic (exact) mass is 515 g/mol. The van der Waals surface area contributed by atoms with Crippen LogP contribution in [0.5, 0.6) is 23.3 Å². The van der Waals surface area contributed by atoms with Crippen LogP contribution in [0.15, 0.2) is 27.2 Å². The van der Waals surface area contributed by atoms with Gasteiger partial charge in [-0.1, -0.05) is 0 Å². The van der Waals surface area contributed by atoms with Gasteiger partial charge in [-0.05, 0) is 33.6 Å². The second-order valence-corrected chi connectivity index (χ2v) is 5.84. The number of methoxy groups -OCH3 is 4. The third-order valence-electron chi connectivity index (χ3n) is 3.04. The van der Waals surface area contributed by atoms with E-state index in [1.54, 1.807) is 24.4 Å². The van der Waals surface area contributed by atoms with Gasteiger partial charge in [0, 0.05) is 18.7 Å². The van der Waals surface area contributed by atoms with E-state index in [-0.39, 0.29) is 13.2 Å². The van der Waals surface area contributed by atoms with Crippen LogP contribution in [0.25, 0.3) is 0 Å². The molecule has 0 bridgehead atoms. The molecule has 2 aromatic rings. The molecule has 10 nitrogen and oxygen atoms in total. The number of ether oxygens (including phenoxy) is 4. The van der Waals surface area contributed by atoms with Crippen LogP contribution < -0.4 is 18.9 Å². The second-order valence-electron chi connectivity index (χ2n) is 4.86. The first kappa shape index (κ1) is 30.8. The Morgan fingerprint density at radius 2 is 1.55 bits per heavy atom. The van der Waals surface area contributed by atoms with Crippen LogP contribution in [0.3, 0.4) is 0 Å². The molecular formula is C18H25BBrN4O6S. The van der Waals surface area contributed by atoms with Crippen LogP contribution >= 0.6 is 28.7 Å². The summed E-state index contributed by atoms with van der Waals surface area (Å²) in [7, 11) is 10.4. The summed E-state index contributed by atoms with van der Waals surface area (Å²) in [6, 6.07) is 5.11. The Bertz CT molecular complexity index is 826. The summed E-state index contributed by atoms with van der Waals surface area (Å²) in [6.45, 7) is 1.29. The number of nitriles is 1. The molecule has 2 aromatic heterocycles. The summed E-state index contributed by atoms with van der Waals surface area (Å²) in [5, 5.41) is 25.0. The number of pyridine rings is 2. The van der Waals surface area contributed by atoms with Crippen molar-refractivity contribution in [2.24, 2.45) is 4.30 Å². The Labute approximate surface area is 197 Å². The van der Waals surface area contributed by atoms with Gasteiger partial charge in [0.25, 0.3) is 11.8 Å². The fourth-order valence-corrected chi connectivity index (χ4v) is 2.16. The van der Waals surface area contributed by atoms with Crippen molar-refractivity contribution in [2.75, 3.05) is 28.4 Å². The minimum absolute atomic E-state index is 0.0483. The maximum atomic E-state index is 8.94. The van der Waals surface area contributed by atoms with Crippen LogP contribution in [0.2, 0.25) is 0 Å². The molecule has 0 aliphatic rings. The van der Waals surface area contributed by atoms with E-state index in [1.807, 2.05) is 0 Å². The van der Waals surface area contributed by atoms with E-state index in [4.69, 9.17) is 34.4 Å². The Kier molecular flexibility index (Phi) is 19.4. The molecule has 2 heterocycles. The molecule has 0 aromatic carbocycles. The summed E-state index contributed by atoms with van der Waals surface area (Å²) in [5.74, 6) is 1.86. The summed E-state index contributed by atoms with van der Waals surface area (Å²) in [4.78, 5) is 7.97. The van der Waals surface area contributed by atoms with Gasteiger partial charge in [-0.3, -0.25) is 0 Å². The Balaban J connectivity index is 0. The number of halogens is 1. The average Bonchev–Trinajstić information content (AvgIpc) is 2.79. The molecule has 1 radical (unpaired) electrons. The fourth-order valence-electron chi connectivity index (χ4n) is 1.76. The first-order valence-electron chi connectivity index (χ1n) is 8.28. The van der Waals surface area contributed by atoms with Crippen LogP contribution in [0.4, 0.5) is 0 Å². The Morgan fingerprint density at radius 3 is 1.94 bits per heavy atom. The molecule has 0 amide bonds. The molecule has 2 N–H and O–H groups in total. The number of rotatable bonds is 6. The van der Waals surface area contributed by atoms with Crippen molar-refractivity contribution in [3.05, 3.63) is 34.1 Å². The molecule has 0 spiro atoms. The van der Waals surface area contributed by atoms with Gasteiger partial charge in [-0.25, -0.2) is 9.97 Å². The van der Waals surface area contributed by atoms with Crippen LogP contribution in [0, 0.1) is 11.3 Å². The van der Waals surface area contributed by atoms with Gasteiger partial charge in [0.15, 0.2) is 11.5 Å². The number of nitrogens with zero attached hydrogens (tertiary/aromatic N) is 4. The maximum absolute atomic E-state index is 8.94. The molecule has 0 fully saturated rings. The van der Waals surface area contributed by atoms with Gasteiger partial charge in [0.1, 0.15) is 4.60 Å². The van der Waals surface area contributed by atoms with E-state index >= 15 is 0 Å². The van der Waals surface area contributed by atoms with Crippen molar-refractivity contribution >= 4 is 36.4 Å². The van der Waals surface area contributed by atoms with E-state index in [0.717, 1.165) is 0 Å². The first-order valence-corrected chi connectivity index (χ1v) is 9.48. The quantitative estimate of drug-likeness (QED) is 0.301. The van der Waals surface area contributed by atoms with Crippen LogP contribution in [0.1, 0.15) is 18.1 Å². The SMILES string of the molecule is CC#N.COc1cc(CO)c(Br)nc1OC.COc1cc(CO)cnc1OC.[B]=NS. The topological polar surface area (TPSA) is 139 Å². The van der Waals surface area contributed by atoms with Gasteiger partial charge in [0.05, 0.1) is 47.7 Å². The van der Waals surface area contributed by atoms with Gasteiger partial charge >= 0.3 is 24.8 Å². The molecule has 2 rings (SSSR count). The van der Waals surface area contributed by atoms with Gasteiger partial charge in [-0.15, -0.1) is 0 Å². The molecule has 0 atom stereocenters. The molecule has 0 saturated heterocycles. The molecular weight excluding hydrogens is 491 g/mol. The van der Waals surface area contributed by atoms with E-state index in [2.05, 4.69) is 50.7 Å². The van der Waals surface area contributed by atoms with Crippen molar-refractivity contribution in [1.82, 2.24) is 9.97 Å². The van der Waals surface area contributed by atoms with Gasteiger partial charge in [0.2, 0.25) is 0 Å². The molecule has 169 valence electrons. The number of aliphatic hydroxyl groups is 2. The number of aliphatic hydroxyl groups excluding tert-OH is 2. The number of aromatic nitrogens is 2. The summed E-state index contributed by atoms with van der Waals surface area (Å²) >= 11 is 6.40. The summed E-state index contributed by atoms with van der Waals surface area (Å²) < 4.78 is 23.1. The molecule has 13 heteroatoms. The van der Waals surface area contributed by atoms with E-state index in [0.29, 0.717) is 39.0 Å². The predicted molar refractivity (Wildman–Crippen MR) is 123 cm³/mol. The zero-order valence-corrected chi connectivity index (χ0v) is 20.3. The van der Waals surface area contributed by atoms with Crippen LogP contribution in [-0.2, 0) is 13.2 Å². The molecule has 31 heavy (non-hydrogen) atoms. The van der Waals surface area contributed by atoms with Crippen LogP contribution in [-0.4, -0.2) is 56.3 Å². The predicted octanol–water partition coefficient (Wildman–Crippen LogP) is 2.66. The fraction of sp³-hybridized carbons (Fsp3) is 0.389. The molecule has 0 aliphatic carbocycles. The van der Waals surface area contributed by atoms with Crippen molar-refractivity contribution in [1.29, 1.82) is 5.26 Å². The standard InChI is InChI=1S/C8H10BrNO3.C8H11NO3.C2H3N.BHNS/c1-12-6-3-5(4-11)7(9)10-8(6)13-2;1-11-7-3-6(5-10)4-9-8(7)12-2;2*1-2-3/h3,11H,4H2,1-2H3;3-4,10H,5H2,1-2H3;1H3;3H. The van der Waals surface area contributed by atoms with E-state index < -0.39 is 0 Å². The Morgan fingerprint density at radius 1 is 1.06 bits per heavy atom. The summed E-state index contributed by atoms with van der Waals surface area (Å²) in [6.07, 6.45) is 1.54. The molecule has 0 unspecified atom stereocenters. The minimum atomic E-state index is -0.0893. The number of hydrogen-bond acceptors (Lipinski definition) is 11. The number of thiol groups is 1.